The minimum atomic E-state index is -3.35. The van der Waals surface area contributed by atoms with Crippen LogP contribution in [0.1, 0.15) is 22.3 Å². The average Bonchev–Trinajstić information content (AvgIpc) is 2.49. The predicted molar refractivity (Wildman–Crippen MR) is 93.2 cm³/mol. The number of nitrogens with one attached hydrogen (secondary N) is 1. The number of hydrogen-bond donors (Lipinski definition) is 1. The van der Waals surface area contributed by atoms with E-state index in [1.165, 1.54) is 5.56 Å². The highest BCUT2D eigenvalue weighted by atomic mass is 32.2. The van der Waals surface area contributed by atoms with E-state index < -0.39 is 10.0 Å². The number of benzene rings is 2. The van der Waals surface area contributed by atoms with Gasteiger partial charge in [0.05, 0.1) is 5.75 Å². The Morgan fingerprint density at radius 1 is 0.957 bits per heavy atom. The molecule has 0 radical (unpaired) electrons. The first-order chi connectivity index (χ1) is 10.9. The van der Waals surface area contributed by atoms with Crippen molar-refractivity contribution in [3.05, 3.63) is 64.7 Å². The zero-order valence-corrected chi connectivity index (χ0v) is 14.6. The van der Waals surface area contributed by atoms with Gasteiger partial charge < -0.3 is 4.74 Å². The summed E-state index contributed by atoms with van der Waals surface area (Å²) in [5.74, 6) is 0.738. The van der Waals surface area contributed by atoms with Crippen LogP contribution < -0.4 is 9.46 Å². The highest BCUT2D eigenvalue weighted by Crippen LogP contribution is 2.16. The van der Waals surface area contributed by atoms with Crippen LogP contribution in [0, 0.1) is 20.8 Å². The number of hydrogen-bond acceptors (Lipinski definition) is 3. The second kappa shape index (κ2) is 7.62. The first-order valence-corrected chi connectivity index (χ1v) is 9.24. The van der Waals surface area contributed by atoms with E-state index in [1.54, 1.807) is 0 Å². The lowest BCUT2D eigenvalue weighted by atomic mass is 10.1. The van der Waals surface area contributed by atoms with E-state index in [2.05, 4.69) is 4.72 Å². The van der Waals surface area contributed by atoms with Crippen molar-refractivity contribution in [2.24, 2.45) is 0 Å². The van der Waals surface area contributed by atoms with Crippen LogP contribution in [0.15, 0.2) is 42.5 Å². The summed E-state index contributed by atoms with van der Waals surface area (Å²) in [5, 5.41) is 0. The molecule has 0 aromatic heterocycles. The molecule has 0 fully saturated rings. The monoisotopic (exact) mass is 333 g/mol. The van der Waals surface area contributed by atoms with Crippen molar-refractivity contribution < 1.29 is 13.2 Å². The smallest absolute Gasteiger partial charge is 0.215 e. The van der Waals surface area contributed by atoms with Crippen molar-refractivity contribution in [1.29, 1.82) is 0 Å². The zero-order valence-electron chi connectivity index (χ0n) is 13.8. The van der Waals surface area contributed by atoms with Gasteiger partial charge >= 0.3 is 0 Å². The molecule has 2 aromatic carbocycles. The number of ether oxygens (including phenoxy) is 1. The van der Waals surface area contributed by atoms with Crippen LogP contribution in [-0.2, 0) is 15.8 Å². The maximum Gasteiger partial charge on any atom is 0.215 e. The van der Waals surface area contributed by atoms with E-state index in [0.29, 0.717) is 6.61 Å². The standard InChI is InChI=1S/C18H23NO3S/c1-14-4-7-17(8-5-14)13-23(20,21)19-10-11-22-18-9-6-15(2)16(3)12-18/h4-9,12,19H,10-11,13H2,1-3H3. The molecule has 0 bridgehead atoms. The molecule has 0 saturated heterocycles. The fraction of sp³-hybridized carbons (Fsp3) is 0.333. The Labute approximate surface area is 138 Å². The molecule has 2 rings (SSSR count). The molecule has 2 aromatic rings. The Kier molecular flexibility index (Phi) is 5.80. The third-order valence-electron chi connectivity index (χ3n) is 3.65. The lowest BCUT2D eigenvalue weighted by Gasteiger charge is -2.10. The van der Waals surface area contributed by atoms with Crippen LogP contribution in [0.2, 0.25) is 0 Å². The summed E-state index contributed by atoms with van der Waals surface area (Å²) >= 11 is 0. The highest BCUT2D eigenvalue weighted by Gasteiger charge is 2.10. The van der Waals surface area contributed by atoms with Crippen molar-refractivity contribution in [3.8, 4) is 5.75 Å². The highest BCUT2D eigenvalue weighted by molar-refractivity contribution is 7.88. The summed E-state index contributed by atoms with van der Waals surface area (Å²) in [6.45, 7) is 6.59. The Balaban J connectivity index is 1.80. The van der Waals surface area contributed by atoms with E-state index in [9.17, 15) is 8.42 Å². The molecule has 0 heterocycles. The molecule has 0 aliphatic rings. The van der Waals surface area contributed by atoms with Gasteiger partial charge in [-0.15, -0.1) is 0 Å². The van der Waals surface area contributed by atoms with E-state index in [4.69, 9.17) is 4.74 Å². The van der Waals surface area contributed by atoms with Crippen LogP contribution in [0.25, 0.3) is 0 Å². The third kappa shape index (κ3) is 5.69. The van der Waals surface area contributed by atoms with Gasteiger partial charge in [0.2, 0.25) is 10.0 Å². The van der Waals surface area contributed by atoms with E-state index in [1.807, 2.05) is 63.2 Å². The summed E-state index contributed by atoms with van der Waals surface area (Å²) in [6.07, 6.45) is 0. The second-order valence-electron chi connectivity index (χ2n) is 5.73. The topological polar surface area (TPSA) is 55.4 Å². The van der Waals surface area contributed by atoms with Gasteiger partial charge in [0.25, 0.3) is 0 Å². The van der Waals surface area contributed by atoms with Crippen LogP contribution in [0.5, 0.6) is 5.75 Å². The average molecular weight is 333 g/mol. The Morgan fingerprint density at radius 3 is 2.30 bits per heavy atom. The predicted octanol–water partition coefficient (Wildman–Crippen LogP) is 3.11. The van der Waals surface area contributed by atoms with Crippen molar-refractivity contribution in [3.63, 3.8) is 0 Å². The van der Waals surface area contributed by atoms with Crippen LogP contribution >= 0.6 is 0 Å². The third-order valence-corrected chi connectivity index (χ3v) is 5.01. The molecule has 1 N–H and O–H groups in total. The summed E-state index contributed by atoms with van der Waals surface area (Å²) < 4.78 is 32.2. The fourth-order valence-corrected chi connectivity index (χ4v) is 3.25. The van der Waals surface area contributed by atoms with Gasteiger partial charge in [-0.25, -0.2) is 13.1 Å². The molecular weight excluding hydrogens is 310 g/mol. The van der Waals surface area contributed by atoms with Gasteiger partial charge in [0.15, 0.2) is 0 Å². The molecule has 0 atom stereocenters. The van der Waals surface area contributed by atoms with Crippen molar-refractivity contribution in [2.75, 3.05) is 13.2 Å². The van der Waals surface area contributed by atoms with E-state index in [-0.39, 0.29) is 12.3 Å². The lowest BCUT2D eigenvalue weighted by Crippen LogP contribution is -2.29. The SMILES string of the molecule is Cc1ccc(CS(=O)(=O)NCCOc2ccc(C)c(C)c2)cc1. The van der Waals surface area contributed by atoms with Gasteiger partial charge in [-0.3, -0.25) is 0 Å². The molecule has 0 spiro atoms. The zero-order chi connectivity index (χ0) is 16.9. The number of sulfonamides is 1. The van der Waals surface area contributed by atoms with Crippen LogP contribution in [0.3, 0.4) is 0 Å². The van der Waals surface area contributed by atoms with Gasteiger partial charge in [-0.1, -0.05) is 35.9 Å². The molecule has 0 aliphatic heterocycles. The first-order valence-electron chi connectivity index (χ1n) is 7.59. The molecule has 4 nitrogen and oxygen atoms in total. The molecule has 0 saturated carbocycles. The van der Waals surface area contributed by atoms with Gasteiger partial charge in [0, 0.05) is 6.54 Å². The first kappa shape index (κ1) is 17.5. The van der Waals surface area contributed by atoms with Crippen molar-refractivity contribution in [1.82, 2.24) is 4.72 Å². The minimum Gasteiger partial charge on any atom is -0.492 e. The van der Waals surface area contributed by atoms with Gasteiger partial charge in [-0.2, -0.15) is 0 Å². The van der Waals surface area contributed by atoms with Crippen LogP contribution in [-0.4, -0.2) is 21.6 Å². The normalized spacial score (nSPS) is 11.4. The summed E-state index contributed by atoms with van der Waals surface area (Å²) in [7, 11) is -3.35. The lowest BCUT2D eigenvalue weighted by molar-refractivity contribution is 0.322. The largest absolute Gasteiger partial charge is 0.492 e. The van der Waals surface area contributed by atoms with Crippen molar-refractivity contribution >= 4 is 10.0 Å². The Hall–Kier alpha value is -1.85. The molecule has 124 valence electrons. The molecule has 0 unspecified atom stereocenters. The van der Waals surface area contributed by atoms with E-state index in [0.717, 1.165) is 22.4 Å². The Bertz CT molecular complexity index is 752. The number of rotatable bonds is 7. The molecule has 5 heteroatoms. The minimum absolute atomic E-state index is 0.0169. The summed E-state index contributed by atoms with van der Waals surface area (Å²) in [5.41, 5.74) is 4.25. The van der Waals surface area contributed by atoms with Crippen LogP contribution in [0.4, 0.5) is 0 Å². The summed E-state index contributed by atoms with van der Waals surface area (Å²) in [4.78, 5) is 0. The second-order valence-corrected chi connectivity index (χ2v) is 7.54. The van der Waals surface area contributed by atoms with Gasteiger partial charge in [-0.05, 0) is 49.6 Å². The van der Waals surface area contributed by atoms with Gasteiger partial charge in [0.1, 0.15) is 12.4 Å². The molecule has 0 aliphatic carbocycles. The molecular formula is C18H23NO3S. The maximum atomic E-state index is 12.0. The maximum absolute atomic E-state index is 12.0. The van der Waals surface area contributed by atoms with E-state index >= 15 is 0 Å². The quantitative estimate of drug-likeness (QED) is 0.792. The fourth-order valence-electron chi connectivity index (χ4n) is 2.12. The molecule has 23 heavy (non-hydrogen) atoms. The summed E-state index contributed by atoms with van der Waals surface area (Å²) in [6, 6.07) is 13.3. The molecule has 0 amide bonds. The number of aryl methyl sites for hydroxylation is 3. The Morgan fingerprint density at radius 2 is 1.65 bits per heavy atom. The van der Waals surface area contributed by atoms with Crippen molar-refractivity contribution in [2.45, 2.75) is 26.5 Å².